The molecule has 1 aliphatic rings. The normalized spacial score (nSPS) is 20.4. The number of rotatable bonds is 7. The van der Waals surface area contributed by atoms with Crippen LogP contribution >= 0.6 is 0 Å². The minimum atomic E-state index is -3.33. The Morgan fingerprint density at radius 2 is 1.59 bits per heavy atom. The molecule has 5 heteroatoms. The van der Waals surface area contributed by atoms with E-state index in [9.17, 15) is 8.42 Å². The van der Waals surface area contributed by atoms with Gasteiger partial charge in [0.25, 0.3) is 0 Å². The maximum atomic E-state index is 13.1. The van der Waals surface area contributed by atoms with Gasteiger partial charge in [-0.05, 0) is 44.2 Å². The van der Waals surface area contributed by atoms with E-state index in [-0.39, 0.29) is 11.9 Å². The van der Waals surface area contributed by atoms with E-state index < -0.39 is 15.6 Å². The molecule has 146 valence electrons. The minimum Gasteiger partial charge on any atom is -0.375 e. The van der Waals surface area contributed by atoms with Crippen molar-refractivity contribution in [3.05, 3.63) is 71.8 Å². The fourth-order valence-electron chi connectivity index (χ4n) is 3.58. The summed E-state index contributed by atoms with van der Waals surface area (Å²) in [5.74, 6) is 0.170. The molecule has 4 nitrogen and oxygen atoms in total. The molecule has 1 heterocycles. The van der Waals surface area contributed by atoms with E-state index in [1.54, 1.807) is 4.31 Å². The molecule has 1 saturated heterocycles. The lowest BCUT2D eigenvalue weighted by Crippen LogP contribution is -2.59. The highest BCUT2D eigenvalue weighted by Crippen LogP contribution is 2.27. The van der Waals surface area contributed by atoms with Crippen LogP contribution in [0.2, 0.25) is 0 Å². The van der Waals surface area contributed by atoms with Gasteiger partial charge in [-0.3, -0.25) is 0 Å². The van der Waals surface area contributed by atoms with E-state index in [4.69, 9.17) is 4.74 Å². The van der Waals surface area contributed by atoms with Gasteiger partial charge in [-0.1, -0.05) is 60.7 Å². The molecule has 0 radical (unpaired) electrons. The SMILES string of the molecule is CC1(C)COC(Cc2ccccc2)CN1S(=O)(=O)CCCc1ccccc1. The molecular weight excluding hydrogens is 358 g/mol. The third-order valence-electron chi connectivity index (χ3n) is 5.07. The number of morpholine rings is 1. The molecule has 0 aliphatic carbocycles. The number of benzene rings is 2. The van der Waals surface area contributed by atoms with Crippen molar-refractivity contribution in [1.29, 1.82) is 0 Å². The maximum Gasteiger partial charge on any atom is 0.214 e. The summed E-state index contributed by atoms with van der Waals surface area (Å²) in [4.78, 5) is 0. The summed E-state index contributed by atoms with van der Waals surface area (Å²) in [6.45, 7) is 4.72. The topological polar surface area (TPSA) is 46.6 Å². The highest BCUT2D eigenvalue weighted by atomic mass is 32.2. The zero-order valence-corrected chi connectivity index (χ0v) is 17.0. The molecule has 1 aliphatic heterocycles. The summed E-state index contributed by atoms with van der Waals surface area (Å²) in [5, 5.41) is 0. The zero-order valence-electron chi connectivity index (χ0n) is 16.2. The van der Waals surface area contributed by atoms with Gasteiger partial charge in [-0.2, -0.15) is 4.31 Å². The van der Waals surface area contributed by atoms with Gasteiger partial charge >= 0.3 is 0 Å². The average molecular weight is 388 g/mol. The van der Waals surface area contributed by atoms with Gasteiger partial charge < -0.3 is 4.74 Å². The molecule has 2 aromatic carbocycles. The number of ether oxygens (including phenoxy) is 1. The number of hydrogen-bond acceptors (Lipinski definition) is 3. The van der Waals surface area contributed by atoms with Crippen LogP contribution in [0.4, 0.5) is 0 Å². The predicted molar refractivity (Wildman–Crippen MR) is 109 cm³/mol. The molecule has 1 unspecified atom stereocenters. The largest absolute Gasteiger partial charge is 0.375 e. The fourth-order valence-corrected chi connectivity index (χ4v) is 5.51. The van der Waals surface area contributed by atoms with E-state index in [1.165, 1.54) is 11.1 Å². The monoisotopic (exact) mass is 387 g/mol. The van der Waals surface area contributed by atoms with E-state index in [1.807, 2.05) is 62.4 Å². The molecule has 1 fully saturated rings. The average Bonchev–Trinajstić information content (AvgIpc) is 2.64. The number of sulfonamides is 1. The first kappa shape index (κ1) is 20.1. The van der Waals surface area contributed by atoms with Gasteiger partial charge in [0.15, 0.2) is 0 Å². The standard InChI is InChI=1S/C22H29NO3S/c1-22(2)18-26-21(16-20-12-7-4-8-13-20)17-23(22)27(24,25)15-9-14-19-10-5-3-6-11-19/h3-8,10-13,21H,9,14-18H2,1-2H3. The van der Waals surface area contributed by atoms with Crippen LogP contribution in [-0.4, -0.2) is 43.3 Å². The van der Waals surface area contributed by atoms with Crippen molar-refractivity contribution < 1.29 is 13.2 Å². The lowest BCUT2D eigenvalue weighted by molar-refractivity contribution is -0.0629. The first-order chi connectivity index (χ1) is 12.9. The summed E-state index contributed by atoms with van der Waals surface area (Å²) >= 11 is 0. The van der Waals surface area contributed by atoms with Gasteiger partial charge in [-0.25, -0.2) is 8.42 Å². The summed E-state index contributed by atoms with van der Waals surface area (Å²) < 4.78 is 33.8. The Morgan fingerprint density at radius 1 is 1.00 bits per heavy atom. The molecule has 0 amide bonds. The first-order valence-electron chi connectivity index (χ1n) is 9.57. The van der Waals surface area contributed by atoms with Crippen LogP contribution in [0.5, 0.6) is 0 Å². The second-order valence-electron chi connectivity index (χ2n) is 7.87. The molecule has 0 saturated carbocycles. The highest BCUT2D eigenvalue weighted by molar-refractivity contribution is 7.89. The summed E-state index contributed by atoms with van der Waals surface area (Å²) in [6, 6.07) is 20.1. The van der Waals surface area contributed by atoms with Crippen LogP contribution in [0.25, 0.3) is 0 Å². The summed E-state index contributed by atoms with van der Waals surface area (Å²) in [5.41, 5.74) is 1.83. The molecule has 0 N–H and O–H groups in total. The Bertz CT molecular complexity index is 819. The number of aryl methyl sites for hydroxylation is 1. The minimum absolute atomic E-state index is 0.107. The fraction of sp³-hybridized carbons (Fsp3) is 0.455. The summed E-state index contributed by atoms with van der Waals surface area (Å²) in [6.07, 6.45) is 2.03. The van der Waals surface area contributed by atoms with Crippen molar-refractivity contribution in [3.63, 3.8) is 0 Å². The molecule has 0 aromatic heterocycles. The van der Waals surface area contributed by atoms with E-state index in [2.05, 4.69) is 12.1 Å². The van der Waals surface area contributed by atoms with E-state index in [0.717, 1.165) is 12.8 Å². The second-order valence-corrected chi connectivity index (χ2v) is 9.88. The summed E-state index contributed by atoms with van der Waals surface area (Å²) in [7, 11) is -3.33. The molecule has 27 heavy (non-hydrogen) atoms. The molecule has 0 spiro atoms. The van der Waals surface area contributed by atoms with Crippen molar-refractivity contribution in [1.82, 2.24) is 4.31 Å². The van der Waals surface area contributed by atoms with Gasteiger partial charge in [0.1, 0.15) is 0 Å². The van der Waals surface area contributed by atoms with Crippen LogP contribution in [0, 0.1) is 0 Å². The smallest absolute Gasteiger partial charge is 0.214 e. The van der Waals surface area contributed by atoms with Gasteiger partial charge in [0.2, 0.25) is 10.0 Å². The van der Waals surface area contributed by atoms with Crippen molar-refractivity contribution in [2.24, 2.45) is 0 Å². The Labute approximate surface area is 163 Å². The lowest BCUT2D eigenvalue weighted by atomic mass is 10.0. The number of hydrogen-bond donors (Lipinski definition) is 0. The first-order valence-corrected chi connectivity index (χ1v) is 11.2. The van der Waals surface area contributed by atoms with Crippen LogP contribution in [0.1, 0.15) is 31.4 Å². The highest BCUT2D eigenvalue weighted by Gasteiger charge is 2.41. The van der Waals surface area contributed by atoms with Crippen molar-refractivity contribution in [2.45, 2.75) is 44.8 Å². The third kappa shape index (κ3) is 5.41. The van der Waals surface area contributed by atoms with Crippen molar-refractivity contribution in [2.75, 3.05) is 18.9 Å². The quantitative estimate of drug-likeness (QED) is 0.728. The molecule has 1 atom stereocenters. The Kier molecular flexibility index (Phi) is 6.35. The van der Waals surface area contributed by atoms with Gasteiger partial charge in [0.05, 0.1) is 24.0 Å². The van der Waals surface area contributed by atoms with Crippen LogP contribution < -0.4 is 0 Å². The van der Waals surface area contributed by atoms with E-state index in [0.29, 0.717) is 19.6 Å². The third-order valence-corrected chi connectivity index (χ3v) is 7.19. The second kappa shape index (κ2) is 8.55. The Morgan fingerprint density at radius 3 is 2.22 bits per heavy atom. The molecule has 2 aromatic rings. The molecule has 3 rings (SSSR count). The van der Waals surface area contributed by atoms with Gasteiger partial charge in [0, 0.05) is 6.54 Å². The van der Waals surface area contributed by atoms with Gasteiger partial charge in [-0.15, -0.1) is 0 Å². The zero-order chi connectivity index (χ0) is 19.3. The molecular formula is C22H29NO3S. The van der Waals surface area contributed by atoms with Crippen molar-refractivity contribution >= 4 is 10.0 Å². The lowest BCUT2D eigenvalue weighted by Gasteiger charge is -2.44. The Hall–Kier alpha value is -1.69. The predicted octanol–water partition coefficient (Wildman–Crippen LogP) is 3.67. The Balaban J connectivity index is 1.63. The van der Waals surface area contributed by atoms with E-state index >= 15 is 0 Å². The van der Waals surface area contributed by atoms with Crippen LogP contribution in [0.15, 0.2) is 60.7 Å². The van der Waals surface area contributed by atoms with Crippen LogP contribution in [-0.2, 0) is 27.6 Å². The maximum absolute atomic E-state index is 13.1. The van der Waals surface area contributed by atoms with Crippen LogP contribution in [0.3, 0.4) is 0 Å². The molecule has 0 bridgehead atoms. The van der Waals surface area contributed by atoms with Crippen molar-refractivity contribution in [3.8, 4) is 0 Å². The number of nitrogens with zero attached hydrogens (tertiary/aromatic N) is 1.